The number of hydrogen-bond acceptors (Lipinski definition) is 4. The van der Waals surface area contributed by atoms with E-state index in [-0.39, 0.29) is 28.7 Å². The first-order chi connectivity index (χ1) is 11.4. The molecule has 2 aromatic rings. The largest absolute Gasteiger partial charge is 0.340 e. The lowest BCUT2D eigenvalue weighted by molar-refractivity contribution is -0.118. The van der Waals surface area contributed by atoms with Crippen molar-refractivity contribution in [3.63, 3.8) is 0 Å². The summed E-state index contributed by atoms with van der Waals surface area (Å²) in [6.45, 7) is 5.65. The predicted molar refractivity (Wildman–Crippen MR) is 92.9 cm³/mol. The van der Waals surface area contributed by atoms with E-state index >= 15 is 0 Å². The second-order valence-electron chi connectivity index (χ2n) is 5.79. The molecule has 0 aliphatic rings. The highest BCUT2D eigenvalue weighted by molar-refractivity contribution is 6.29. The van der Waals surface area contributed by atoms with Crippen LogP contribution < -0.4 is 10.6 Å². The molecule has 7 heteroatoms. The van der Waals surface area contributed by atoms with Gasteiger partial charge in [0.15, 0.2) is 11.0 Å². The Labute approximate surface area is 145 Å². The molecule has 2 amide bonds. The number of nitrogens with one attached hydrogen (secondary N) is 2. The van der Waals surface area contributed by atoms with Crippen molar-refractivity contribution < 1.29 is 9.59 Å². The van der Waals surface area contributed by atoms with E-state index in [1.807, 2.05) is 32.9 Å². The summed E-state index contributed by atoms with van der Waals surface area (Å²) in [5.74, 6) is -0.479. The molecule has 1 aromatic carbocycles. The van der Waals surface area contributed by atoms with Crippen molar-refractivity contribution in [3.8, 4) is 0 Å². The zero-order chi connectivity index (χ0) is 17.7. The van der Waals surface area contributed by atoms with E-state index in [1.54, 1.807) is 18.2 Å². The van der Waals surface area contributed by atoms with Crippen molar-refractivity contribution in [2.75, 3.05) is 5.32 Å². The second-order valence-corrected chi connectivity index (χ2v) is 6.18. The van der Waals surface area contributed by atoms with Crippen molar-refractivity contribution in [3.05, 3.63) is 52.7 Å². The predicted octanol–water partition coefficient (Wildman–Crippen LogP) is 2.83. The Kier molecular flexibility index (Phi) is 5.87. The molecule has 0 aliphatic carbocycles. The second kappa shape index (κ2) is 7.88. The van der Waals surface area contributed by atoms with E-state index in [2.05, 4.69) is 20.8 Å². The van der Waals surface area contributed by atoms with Crippen molar-refractivity contribution in [1.29, 1.82) is 0 Å². The number of carbonyl (C=O) groups excluding carboxylic acids is 2. The number of carbonyl (C=O) groups is 2. The molecule has 1 heterocycles. The Bertz CT molecular complexity index is 714. The Balaban J connectivity index is 2.07. The van der Waals surface area contributed by atoms with E-state index in [1.165, 1.54) is 6.07 Å². The van der Waals surface area contributed by atoms with Gasteiger partial charge in [0.05, 0.1) is 0 Å². The zero-order valence-electron chi connectivity index (χ0n) is 13.7. The molecule has 2 N–H and O–H groups in total. The summed E-state index contributed by atoms with van der Waals surface area (Å²) in [6.07, 6.45) is 0. The van der Waals surface area contributed by atoms with Crippen LogP contribution in [-0.4, -0.2) is 28.1 Å². The quantitative estimate of drug-likeness (QED) is 0.871. The van der Waals surface area contributed by atoms with Crippen LogP contribution in [0.2, 0.25) is 5.15 Å². The molecule has 2 rings (SSSR count). The minimum Gasteiger partial charge on any atom is -0.340 e. The Morgan fingerprint density at radius 2 is 1.71 bits per heavy atom. The third-order valence-electron chi connectivity index (χ3n) is 3.43. The molecule has 24 heavy (non-hydrogen) atoms. The van der Waals surface area contributed by atoms with Crippen molar-refractivity contribution in [1.82, 2.24) is 15.5 Å². The van der Waals surface area contributed by atoms with Crippen LogP contribution in [0.25, 0.3) is 0 Å². The number of aromatic nitrogens is 2. The summed E-state index contributed by atoms with van der Waals surface area (Å²) < 4.78 is 0. The van der Waals surface area contributed by atoms with Gasteiger partial charge < -0.3 is 10.6 Å². The molecule has 0 radical (unpaired) electrons. The number of benzene rings is 1. The van der Waals surface area contributed by atoms with Crippen molar-refractivity contribution >= 4 is 29.2 Å². The Morgan fingerprint density at radius 3 is 2.25 bits per heavy atom. The molecular weight excluding hydrogens is 328 g/mol. The van der Waals surface area contributed by atoms with E-state index in [0.29, 0.717) is 5.56 Å². The lowest BCUT2D eigenvalue weighted by Gasteiger charge is -2.21. The first kappa shape index (κ1) is 17.9. The number of hydrogen-bond donors (Lipinski definition) is 2. The minimum absolute atomic E-state index is 0.0975. The van der Waals surface area contributed by atoms with Gasteiger partial charge in [-0.05, 0) is 37.1 Å². The monoisotopic (exact) mass is 346 g/mol. The summed E-state index contributed by atoms with van der Waals surface area (Å²) in [5.41, 5.74) is 1.57. The number of aryl methyl sites for hydroxylation is 1. The summed E-state index contributed by atoms with van der Waals surface area (Å²) >= 11 is 5.67. The molecule has 0 saturated heterocycles. The zero-order valence-corrected chi connectivity index (χ0v) is 14.5. The Hall–Kier alpha value is -2.47. The minimum atomic E-state index is -0.698. The number of anilines is 1. The maximum absolute atomic E-state index is 12.4. The third kappa shape index (κ3) is 4.76. The van der Waals surface area contributed by atoms with Gasteiger partial charge in [0.25, 0.3) is 5.91 Å². The maximum atomic E-state index is 12.4. The normalized spacial score (nSPS) is 11.9. The maximum Gasteiger partial charge on any atom is 0.251 e. The summed E-state index contributed by atoms with van der Waals surface area (Å²) in [5, 5.41) is 13.1. The van der Waals surface area contributed by atoms with Crippen LogP contribution in [0.4, 0.5) is 5.82 Å². The van der Waals surface area contributed by atoms with Gasteiger partial charge in [-0.25, -0.2) is 0 Å². The molecule has 1 aromatic heterocycles. The van der Waals surface area contributed by atoms with Gasteiger partial charge in [-0.2, -0.15) is 0 Å². The summed E-state index contributed by atoms with van der Waals surface area (Å²) in [4.78, 5) is 24.8. The van der Waals surface area contributed by atoms with Crippen LogP contribution >= 0.6 is 11.6 Å². The SMILES string of the molecule is Cc1ccc(C(=O)NC(C(=O)Nc2ccc(Cl)nn2)C(C)C)cc1. The molecule has 126 valence electrons. The van der Waals surface area contributed by atoms with E-state index < -0.39 is 6.04 Å². The molecule has 0 saturated carbocycles. The lowest BCUT2D eigenvalue weighted by atomic mass is 10.0. The number of nitrogens with zero attached hydrogens (tertiary/aromatic N) is 2. The topological polar surface area (TPSA) is 84.0 Å². The van der Waals surface area contributed by atoms with Gasteiger partial charge in [0.2, 0.25) is 5.91 Å². The van der Waals surface area contributed by atoms with Crippen molar-refractivity contribution in [2.45, 2.75) is 26.8 Å². The van der Waals surface area contributed by atoms with Crippen LogP contribution in [0.5, 0.6) is 0 Å². The fourth-order valence-corrected chi connectivity index (χ4v) is 2.15. The molecular formula is C17H19ClN4O2. The standard InChI is InChI=1S/C17H19ClN4O2/c1-10(2)15(17(24)19-14-9-8-13(18)21-22-14)20-16(23)12-6-4-11(3)5-7-12/h4-10,15H,1-3H3,(H,20,23)(H,19,22,24). The van der Waals surface area contributed by atoms with Crippen LogP contribution in [-0.2, 0) is 4.79 Å². The summed E-state index contributed by atoms with van der Waals surface area (Å²) in [7, 11) is 0. The number of halogens is 1. The molecule has 0 aliphatic heterocycles. The smallest absolute Gasteiger partial charge is 0.251 e. The van der Waals surface area contributed by atoms with Crippen LogP contribution in [0, 0.1) is 12.8 Å². The molecule has 6 nitrogen and oxygen atoms in total. The number of rotatable bonds is 5. The molecule has 1 atom stereocenters. The lowest BCUT2D eigenvalue weighted by Crippen LogP contribution is -2.47. The van der Waals surface area contributed by atoms with Gasteiger partial charge in [-0.1, -0.05) is 43.1 Å². The number of amides is 2. The highest BCUT2D eigenvalue weighted by atomic mass is 35.5. The van der Waals surface area contributed by atoms with E-state index in [4.69, 9.17) is 11.6 Å². The highest BCUT2D eigenvalue weighted by Gasteiger charge is 2.25. The third-order valence-corrected chi connectivity index (χ3v) is 3.63. The molecule has 0 spiro atoms. The summed E-state index contributed by atoms with van der Waals surface area (Å²) in [6, 6.07) is 9.53. The van der Waals surface area contributed by atoms with E-state index in [0.717, 1.165) is 5.56 Å². The van der Waals surface area contributed by atoms with Gasteiger partial charge in [0.1, 0.15) is 6.04 Å². The van der Waals surface area contributed by atoms with Crippen LogP contribution in [0.3, 0.4) is 0 Å². The first-order valence-electron chi connectivity index (χ1n) is 7.54. The van der Waals surface area contributed by atoms with Gasteiger partial charge in [0, 0.05) is 5.56 Å². The first-order valence-corrected chi connectivity index (χ1v) is 7.92. The van der Waals surface area contributed by atoms with Crippen LogP contribution in [0.1, 0.15) is 29.8 Å². The molecule has 0 bridgehead atoms. The molecule has 0 fully saturated rings. The van der Waals surface area contributed by atoms with E-state index in [9.17, 15) is 9.59 Å². The van der Waals surface area contributed by atoms with Gasteiger partial charge in [-0.15, -0.1) is 10.2 Å². The highest BCUT2D eigenvalue weighted by Crippen LogP contribution is 2.10. The average Bonchev–Trinajstić information content (AvgIpc) is 2.54. The van der Waals surface area contributed by atoms with Gasteiger partial charge >= 0.3 is 0 Å². The van der Waals surface area contributed by atoms with Crippen molar-refractivity contribution in [2.24, 2.45) is 5.92 Å². The van der Waals surface area contributed by atoms with Crippen LogP contribution in [0.15, 0.2) is 36.4 Å². The fraction of sp³-hybridized carbons (Fsp3) is 0.294. The Morgan fingerprint density at radius 1 is 1.04 bits per heavy atom. The van der Waals surface area contributed by atoms with Gasteiger partial charge in [-0.3, -0.25) is 9.59 Å². The fourth-order valence-electron chi connectivity index (χ4n) is 2.05. The molecule has 1 unspecified atom stereocenters. The average molecular weight is 347 g/mol.